The third kappa shape index (κ3) is 0.939. The molecule has 0 aliphatic heterocycles. The van der Waals surface area contributed by atoms with E-state index in [9.17, 15) is 0 Å². The van der Waals surface area contributed by atoms with Crippen molar-refractivity contribution in [2.45, 2.75) is 6.92 Å². The van der Waals surface area contributed by atoms with Gasteiger partial charge >= 0.3 is 0 Å². The van der Waals surface area contributed by atoms with E-state index in [1.165, 1.54) is 0 Å². The van der Waals surface area contributed by atoms with Gasteiger partial charge in [-0.05, 0) is 22.9 Å². The average molecular weight is 212 g/mol. The van der Waals surface area contributed by atoms with Crippen molar-refractivity contribution in [1.29, 1.82) is 0 Å². The second kappa shape index (κ2) is 2.30. The summed E-state index contributed by atoms with van der Waals surface area (Å²) in [6.07, 6.45) is 5.43. The molecular weight excluding hydrogens is 206 g/mol. The van der Waals surface area contributed by atoms with Gasteiger partial charge in [-0.1, -0.05) is 0 Å². The number of rotatable bonds is 0. The van der Waals surface area contributed by atoms with Gasteiger partial charge in [0.05, 0.1) is 0 Å². The molecule has 3 nitrogen and oxygen atoms in total. The Kier molecular flexibility index (Phi) is 1.42. The van der Waals surface area contributed by atoms with Gasteiger partial charge in [0.15, 0.2) is 4.73 Å². The first-order chi connectivity index (χ1) is 5.29. The molecule has 0 bridgehead atoms. The first kappa shape index (κ1) is 6.79. The van der Waals surface area contributed by atoms with Crippen molar-refractivity contribution in [3.63, 3.8) is 0 Å². The second-order valence-corrected chi connectivity index (χ2v) is 3.04. The molecule has 0 unspecified atom stereocenters. The number of fused-ring (bicyclic) bond motifs is 1. The van der Waals surface area contributed by atoms with Gasteiger partial charge in [-0.15, -0.1) is 0 Å². The lowest BCUT2D eigenvalue weighted by atomic mass is 10.4. The highest BCUT2D eigenvalue weighted by molar-refractivity contribution is 9.10. The van der Waals surface area contributed by atoms with E-state index in [0.29, 0.717) is 0 Å². The van der Waals surface area contributed by atoms with Gasteiger partial charge in [0.1, 0.15) is 5.65 Å². The number of aryl methyl sites for hydroxylation is 1. The maximum absolute atomic E-state index is 4.17. The van der Waals surface area contributed by atoms with Crippen molar-refractivity contribution in [3.05, 3.63) is 28.9 Å². The minimum atomic E-state index is 0.788. The average Bonchev–Trinajstić information content (AvgIpc) is 2.45. The van der Waals surface area contributed by atoms with Crippen LogP contribution >= 0.6 is 15.9 Å². The molecule has 56 valence electrons. The number of halogens is 1. The maximum Gasteiger partial charge on any atom is 0.182 e. The molecule has 11 heavy (non-hydrogen) atoms. The van der Waals surface area contributed by atoms with Crippen LogP contribution in [0.1, 0.15) is 5.56 Å². The van der Waals surface area contributed by atoms with E-state index in [0.717, 1.165) is 15.9 Å². The van der Waals surface area contributed by atoms with Crippen LogP contribution in [0.2, 0.25) is 0 Å². The first-order valence-corrected chi connectivity index (χ1v) is 4.02. The molecule has 2 aromatic rings. The van der Waals surface area contributed by atoms with Gasteiger partial charge in [-0.2, -0.15) is 0 Å². The van der Waals surface area contributed by atoms with Crippen LogP contribution in [0, 0.1) is 6.92 Å². The number of aromatic nitrogens is 3. The lowest BCUT2D eigenvalue weighted by Crippen LogP contribution is -1.91. The zero-order valence-corrected chi connectivity index (χ0v) is 7.54. The van der Waals surface area contributed by atoms with Gasteiger partial charge in [0, 0.05) is 24.2 Å². The van der Waals surface area contributed by atoms with E-state index in [1.807, 2.05) is 17.5 Å². The minimum Gasteiger partial charge on any atom is -0.278 e. The van der Waals surface area contributed by atoms with Gasteiger partial charge in [0.25, 0.3) is 0 Å². The normalized spacial score (nSPS) is 10.7. The number of nitrogens with zero attached hydrogens (tertiary/aromatic N) is 3. The molecular formula is C7H6BrN3. The Morgan fingerprint density at radius 2 is 2.27 bits per heavy atom. The quantitative estimate of drug-likeness (QED) is 0.623. The largest absolute Gasteiger partial charge is 0.278 e. The molecule has 2 rings (SSSR count). The monoisotopic (exact) mass is 211 g/mol. The highest BCUT2D eigenvalue weighted by atomic mass is 79.9. The van der Waals surface area contributed by atoms with Gasteiger partial charge in [0.2, 0.25) is 0 Å². The van der Waals surface area contributed by atoms with Crippen LogP contribution in [-0.2, 0) is 0 Å². The van der Waals surface area contributed by atoms with Crippen LogP contribution in [0.5, 0.6) is 0 Å². The highest BCUT2D eigenvalue weighted by Crippen LogP contribution is 2.12. The number of hydrogen-bond acceptors (Lipinski definition) is 2. The zero-order valence-electron chi connectivity index (χ0n) is 5.95. The van der Waals surface area contributed by atoms with Gasteiger partial charge in [-0.3, -0.25) is 4.40 Å². The molecule has 0 saturated carbocycles. The molecule has 0 aliphatic carbocycles. The summed E-state index contributed by atoms with van der Waals surface area (Å²) < 4.78 is 2.69. The molecule has 0 N–H and O–H groups in total. The van der Waals surface area contributed by atoms with Crippen LogP contribution in [0.15, 0.2) is 23.3 Å². The predicted molar refractivity (Wildman–Crippen MR) is 45.4 cm³/mol. The third-order valence-electron chi connectivity index (χ3n) is 1.56. The van der Waals surface area contributed by atoms with Crippen LogP contribution in [0.4, 0.5) is 0 Å². The van der Waals surface area contributed by atoms with E-state index in [4.69, 9.17) is 0 Å². The van der Waals surface area contributed by atoms with Crippen molar-refractivity contribution < 1.29 is 0 Å². The molecule has 0 spiro atoms. The second-order valence-electron chi connectivity index (χ2n) is 2.33. The van der Waals surface area contributed by atoms with E-state index in [2.05, 4.69) is 25.9 Å². The molecule has 4 heteroatoms. The minimum absolute atomic E-state index is 0.788. The third-order valence-corrected chi connectivity index (χ3v) is 2.14. The Balaban J connectivity index is 2.96. The first-order valence-electron chi connectivity index (χ1n) is 3.23. The molecule has 2 aromatic heterocycles. The maximum atomic E-state index is 4.17. The summed E-state index contributed by atoms with van der Waals surface area (Å²) in [5, 5.41) is 0. The van der Waals surface area contributed by atoms with Crippen LogP contribution < -0.4 is 0 Å². The topological polar surface area (TPSA) is 30.2 Å². The molecule has 0 amide bonds. The van der Waals surface area contributed by atoms with Crippen molar-refractivity contribution >= 4 is 21.6 Å². The molecule has 0 atom stereocenters. The fourth-order valence-corrected chi connectivity index (χ4v) is 1.40. The lowest BCUT2D eigenvalue weighted by Gasteiger charge is -1.97. The van der Waals surface area contributed by atoms with Crippen molar-refractivity contribution in [2.75, 3.05) is 0 Å². The lowest BCUT2D eigenvalue weighted by molar-refractivity contribution is 1.02. The van der Waals surface area contributed by atoms with Crippen molar-refractivity contribution in [2.24, 2.45) is 0 Å². The zero-order chi connectivity index (χ0) is 7.84. The molecule has 0 aliphatic rings. The van der Waals surface area contributed by atoms with Crippen molar-refractivity contribution in [3.8, 4) is 0 Å². The summed E-state index contributed by atoms with van der Waals surface area (Å²) in [5.74, 6) is 0. The van der Waals surface area contributed by atoms with Crippen LogP contribution in [0.3, 0.4) is 0 Å². The molecule has 2 heterocycles. The van der Waals surface area contributed by atoms with E-state index in [-0.39, 0.29) is 0 Å². The molecule has 0 radical (unpaired) electrons. The Morgan fingerprint density at radius 1 is 1.45 bits per heavy atom. The molecule has 0 aromatic carbocycles. The molecule has 0 fully saturated rings. The summed E-state index contributed by atoms with van der Waals surface area (Å²) in [6, 6.07) is 0. The Bertz CT molecular complexity index is 357. The van der Waals surface area contributed by atoms with E-state index < -0.39 is 0 Å². The number of imidazole rings is 1. The van der Waals surface area contributed by atoms with Gasteiger partial charge in [-0.25, -0.2) is 9.97 Å². The summed E-state index contributed by atoms with van der Waals surface area (Å²) in [4.78, 5) is 8.29. The van der Waals surface area contributed by atoms with Crippen LogP contribution in [0.25, 0.3) is 5.65 Å². The van der Waals surface area contributed by atoms with E-state index >= 15 is 0 Å². The Morgan fingerprint density at radius 3 is 3.00 bits per heavy atom. The molecule has 0 saturated heterocycles. The SMILES string of the molecule is Cc1cnc(Br)n2ccnc12. The smallest absolute Gasteiger partial charge is 0.182 e. The fourth-order valence-electron chi connectivity index (χ4n) is 1.01. The summed E-state index contributed by atoms with van der Waals surface area (Å²) >= 11 is 3.32. The fraction of sp³-hybridized carbons (Fsp3) is 0.143. The standard InChI is InChI=1S/C7H6BrN3/c1-5-4-10-7(8)11-3-2-9-6(5)11/h2-4H,1H3. The summed E-state index contributed by atoms with van der Waals surface area (Å²) in [7, 11) is 0. The van der Waals surface area contributed by atoms with Crippen LogP contribution in [-0.4, -0.2) is 14.4 Å². The number of hydrogen-bond donors (Lipinski definition) is 0. The van der Waals surface area contributed by atoms with Gasteiger partial charge < -0.3 is 0 Å². The Hall–Kier alpha value is -0.900. The highest BCUT2D eigenvalue weighted by Gasteiger charge is 2.00. The van der Waals surface area contributed by atoms with E-state index in [1.54, 1.807) is 12.4 Å². The predicted octanol–water partition coefficient (Wildman–Crippen LogP) is 1.80. The summed E-state index contributed by atoms with van der Waals surface area (Å²) in [6.45, 7) is 1.99. The summed E-state index contributed by atoms with van der Waals surface area (Å²) in [5.41, 5.74) is 2.03. The Labute approximate surface area is 72.2 Å². The van der Waals surface area contributed by atoms with Crippen molar-refractivity contribution in [1.82, 2.24) is 14.4 Å².